The Morgan fingerprint density at radius 1 is 1.05 bits per heavy atom. The molecular weight excluding hydrogens is 568 g/mol. The number of benzene rings is 2. The predicted octanol–water partition coefficient (Wildman–Crippen LogP) is -0.175. The molecule has 2 aromatic rings. The third-order valence-electron chi connectivity index (χ3n) is 9.23. The third kappa shape index (κ3) is 4.83. The molecule has 44 heavy (non-hydrogen) atoms. The van der Waals surface area contributed by atoms with Crippen LogP contribution >= 0.6 is 0 Å². The molecule has 232 valence electrons. The number of hydrogen-bond acceptors (Lipinski definition) is 10. The van der Waals surface area contributed by atoms with Crippen molar-refractivity contribution in [1.29, 1.82) is 0 Å². The summed E-state index contributed by atoms with van der Waals surface area (Å²) in [4.78, 5) is 83.1. The second kappa shape index (κ2) is 11.3. The molecule has 0 heterocycles. The quantitative estimate of drug-likeness (QED) is 0.309. The van der Waals surface area contributed by atoms with Gasteiger partial charge in [-0.1, -0.05) is 18.2 Å². The molecular formula is C32H36N4O8. The number of phenolic OH excluding ortho intramolecular Hbond substituents is 1. The van der Waals surface area contributed by atoms with Gasteiger partial charge in [0.1, 0.15) is 5.75 Å². The van der Waals surface area contributed by atoms with E-state index in [0.717, 1.165) is 0 Å². The van der Waals surface area contributed by atoms with Crippen molar-refractivity contribution in [2.24, 2.45) is 29.4 Å². The van der Waals surface area contributed by atoms with Crippen LogP contribution in [0.25, 0.3) is 11.1 Å². The number of carbonyl (C=O) groups excluding carboxylic acids is 6. The number of ketones is 4. The molecule has 0 aliphatic heterocycles. The first-order valence-corrected chi connectivity index (χ1v) is 14.4. The summed E-state index contributed by atoms with van der Waals surface area (Å²) in [7, 11) is 6.87. The van der Waals surface area contributed by atoms with Crippen LogP contribution in [-0.2, 0) is 25.6 Å². The highest BCUT2D eigenvalue weighted by molar-refractivity contribution is 6.32. The van der Waals surface area contributed by atoms with E-state index in [4.69, 9.17) is 5.73 Å². The lowest BCUT2D eigenvalue weighted by Crippen LogP contribution is -2.74. The highest BCUT2D eigenvalue weighted by atomic mass is 16.3. The van der Waals surface area contributed by atoms with Crippen molar-refractivity contribution in [3.05, 3.63) is 53.1 Å². The third-order valence-corrected chi connectivity index (χ3v) is 9.23. The number of nitrogens with zero attached hydrogens (tertiary/aromatic N) is 2. The van der Waals surface area contributed by atoms with Crippen molar-refractivity contribution < 1.29 is 39.0 Å². The van der Waals surface area contributed by atoms with Gasteiger partial charge in [0.05, 0.1) is 17.5 Å². The van der Waals surface area contributed by atoms with Crippen LogP contribution in [0.4, 0.5) is 0 Å². The number of phenols is 1. The molecule has 6 atom stereocenters. The number of aliphatic hydroxyl groups is 1. The Hall–Kier alpha value is -4.26. The zero-order valence-corrected chi connectivity index (χ0v) is 25.0. The molecule has 0 radical (unpaired) electrons. The standard InChI is InChI=1S/C32H36N4O8/c1-35(2)11-10-34-31(43)16-7-5-6-15(12-16)18-8-9-21(37)23-19(18)13-17-14-20-25(36(3)4)27(39)24(30(33)42)29(41)32(20,44)28(40)22(17)26(23)38/h5-9,12,17,20,22,24-25,37,44H,10-11,13-14H2,1-4H3,(H2,33,42)(H,34,43)/t17?,20?,22?,24?,25-,32+/m1/s1. The molecule has 12 nitrogen and oxygen atoms in total. The minimum atomic E-state index is -2.78. The molecule has 5 rings (SSSR count). The van der Waals surface area contributed by atoms with Crippen LogP contribution in [-0.4, -0.2) is 108 Å². The van der Waals surface area contributed by atoms with Gasteiger partial charge in [0.15, 0.2) is 34.7 Å². The van der Waals surface area contributed by atoms with E-state index in [1.54, 1.807) is 30.3 Å². The topological polar surface area (TPSA) is 187 Å². The summed E-state index contributed by atoms with van der Waals surface area (Å²) < 4.78 is 0. The second-order valence-electron chi connectivity index (χ2n) is 12.4. The van der Waals surface area contributed by atoms with E-state index < -0.39 is 64.4 Å². The van der Waals surface area contributed by atoms with Crippen molar-refractivity contribution in [3.63, 3.8) is 0 Å². The van der Waals surface area contributed by atoms with Crippen LogP contribution in [0.3, 0.4) is 0 Å². The summed E-state index contributed by atoms with van der Waals surface area (Å²) in [6.45, 7) is 1.11. The first-order valence-electron chi connectivity index (χ1n) is 14.4. The van der Waals surface area contributed by atoms with Crippen molar-refractivity contribution in [3.8, 4) is 16.9 Å². The number of likely N-dealkylation sites (N-methyl/N-ethyl adjacent to an activating group) is 2. The Balaban J connectivity index is 1.56. The van der Waals surface area contributed by atoms with Crippen LogP contribution in [0.2, 0.25) is 0 Å². The highest BCUT2D eigenvalue weighted by Gasteiger charge is 2.69. The number of Topliss-reactive ketones (excluding diaryl/α,β-unsaturated/α-hetero) is 4. The maximum absolute atomic E-state index is 14.0. The Bertz CT molecular complexity index is 1600. The van der Waals surface area contributed by atoms with E-state index in [1.165, 1.54) is 25.1 Å². The Labute approximate surface area is 254 Å². The first kappa shape index (κ1) is 31.2. The summed E-state index contributed by atoms with van der Waals surface area (Å²) in [6.07, 6.45) is 0.0716. The molecule has 0 spiro atoms. The van der Waals surface area contributed by atoms with E-state index in [1.807, 2.05) is 19.0 Å². The number of rotatable bonds is 7. The number of carbonyl (C=O) groups is 6. The Kier molecular flexibility index (Phi) is 8.04. The van der Waals surface area contributed by atoms with Crippen molar-refractivity contribution in [2.45, 2.75) is 24.5 Å². The van der Waals surface area contributed by atoms with E-state index in [9.17, 15) is 39.0 Å². The lowest BCUT2D eigenvalue weighted by Gasteiger charge is -2.52. The lowest BCUT2D eigenvalue weighted by atomic mass is 9.52. The molecule has 2 amide bonds. The van der Waals surface area contributed by atoms with Crippen LogP contribution in [0.1, 0.15) is 32.7 Å². The molecule has 5 N–H and O–H groups in total. The molecule has 4 unspecified atom stereocenters. The number of primary amides is 1. The Morgan fingerprint density at radius 3 is 2.39 bits per heavy atom. The van der Waals surface area contributed by atoms with Gasteiger partial charge < -0.3 is 26.2 Å². The summed E-state index contributed by atoms with van der Waals surface area (Å²) >= 11 is 0. The Morgan fingerprint density at radius 2 is 1.75 bits per heavy atom. The van der Waals surface area contributed by atoms with Gasteiger partial charge in [-0.3, -0.25) is 33.7 Å². The zero-order valence-electron chi connectivity index (χ0n) is 25.0. The largest absolute Gasteiger partial charge is 0.507 e. The zero-order chi connectivity index (χ0) is 32.2. The van der Waals surface area contributed by atoms with Gasteiger partial charge in [-0.05, 0) is 81.8 Å². The maximum atomic E-state index is 14.0. The number of hydrogen-bond donors (Lipinski definition) is 4. The van der Waals surface area contributed by atoms with Crippen molar-refractivity contribution in [1.82, 2.24) is 15.1 Å². The average molecular weight is 605 g/mol. The van der Waals surface area contributed by atoms with Gasteiger partial charge in [-0.15, -0.1) is 0 Å². The average Bonchev–Trinajstić information content (AvgIpc) is 2.94. The van der Waals surface area contributed by atoms with Gasteiger partial charge in [-0.2, -0.15) is 0 Å². The lowest BCUT2D eigenvalue weighted by molar-refractivity contribution is -0.181. The fraction of sp³-hybridized carbons (Fsp3) is 0.438. The molecule has 3 aliphatic carbocycles. The van der Waals surface area contributed by atoms with Gasteiger partial charge in [0.2, 0.25) is 5.91 Å². The van der Waals surface area contributed by atoms with E-state index in [-0.39, 0.29) is 30.1 Å². The highest BCUT2D eigenvalue weighted by Crippen LogP contribution is 2.51. The summed E-state index contributed by atoms with van der Waals surface area (Å²) in [5.74, 6) is -11.3. The fourth-order valence-corrected chi connectivity index (χ4v) is 7.20. The molecule has 0 bridgehead atoms. The number of amides is 2. The van der Waals surface area contributed by atoms with Crippen molar-refractivity contribution >= 4 is 34.9 Å². The normalized spacial score (nSPS) is 28.0. The molecule has 2 aromatic carbocycles. The van der Waals surface area contributed by atoms with Gasteiger partial charge in [0.25, 0.3) is 5.91 Å². The molecule has 12 heteroatoms. The minimum absolute atomic E-state index is 0.0483. The second-order valence-corrected chi connectivity index (χ2v) is 12.4. The molecule has 3 aliphatic rings. The van der Waals surface area contributed by atoms with Gasteiger partial charge in [-0.25, -0.2) is 0 Å². The van der Waals surface area contributed by atoms with Crippen LogP contribution < -0.4 is 11.1 Å². The van der Waals surface area contributed by atoms with Crippen LogP contribution in [0.15, 0.2) is 36.4 Å². The van der Waals surface area contributed by atoms with Crippen molar-refractivity contribution in [2.75, 3.05) is 41.3 Å². The van der Waals surface area contributed by atoms with Crippen LogP contribution in [0, 0.1) is 23.7 Å². The fourth-order valence-electron chi connectivity index (χ4n) is 7.20. The number of fused-ring (bicyclic) bond motifs is 3. The molecule has 2 saturated carbocycles. The van der Waals surface area contributed by atoms with Gasteiger partial charge in [0, 0.05) is 24.6 Å². The van der Waals surface area contributed by atoms with E-state index in [2.05, 4.69) is 5.32 Å². The molecule has 2 fully saturated rings. The SMILES string of the molecule is CN(C)CCNC(=O)c1cccc(-c2ccc(O)c3c2CC2CC4[C@@H](N(C)C)C(=O)C(C(N)=O)C(=O)[C@@]4(O)C(=O)C2C3=O)c1. The smallest absolute Gasteiger partial charge is 0.251 e. The summed E-state index contributed by atoms with van der Waals surface area (Å²) in [6, 6.07) is 8.63. The number of aromatic hydroxyl groups is 1. The minimum Gasteiger partial charge on any atom is -0.507 e. The molecule has 0 saturated heterocycles. The maximum Gasteiger partial charge on any atom is 0.251 e. The van der Waals surface area contributed by atoms with E-state index in [0.29, 0.717) is 35.3 Å². The number of nitrogens with two attached hydrogens (primary N) is 1. The van der Waals surface area contributed by atoms with Gasteiger partial charge >= 0.3 is 0 Å². The monoisotopic (exact) mass is 604 g/mol. The number of nitrogens with one attached hydrogen (secondary N) is 1. The summed E-state index contributed by atoms with van der Waals surface area (Å²) in [5, 5.41) is 25.4. The summed E-state index contributed by atoms with van der Waals surface area (Å²) in [5.41, 5.74) is 4.54. The van der Waals surface area contributed by atoms with Crippen LogP contribution in [0.5, 0.6) is 5.75 Å². The molecule has 0 aromatic heterocycles. The first-order chi connectivity index (χ1) is 20.7. The van der Waals surface area contributed by atoms with E-state index >= 15 is 0 Å². The predicted molar refractivity (Wildman–Crippen MR) is 158 cm³/mol.